The summed E-state index contributed by atoms with van der Waals surface area (Å²) in [4.78, 5) is 2.40. The van der Waals surface area contributed by atoms with Crippen LogP contribution in [0.2, 0.25) is 0 Å². The number of benzene rings is 1. The Labute approximate surface area is 129 Å². The molecule has 0 radical (unpaired) electrons. The van der Waals surface area contributed by atoms with E-state index in [0.29, 0.717) is 12.4 Å². The van der Waals surface area contributed by atoms with Crippen molar-refractivity contribution in [1.29, 1.82) is 0 Å². The summed E-state index contributed by atoms with van der Waals surface area (Å²) in [5.74, 6) is 1.83. The van der Waals surface area contributed by atoms with E-state index in [-0.39, 0.29) is 0 Å². The average molecular weight is 293 g/mol. The molecule has 1 N–H and O–H groups in total. The van der Waals surface area contributed by atoms with Gasteiger partial charge < -0.3 is 9.84 Å². The fourth-order valence-electron chi connectivity index (χ4n) is 2.45. The second-order valence-corrected chi connectivity index (χ2v) is 5.65. The minimum atomic E-state index is 0.339. The molecule has 0 aliphatic carbocycles. The van der Waals surface area contributed by atoms with E-state index in [4.69, 9.17) is 4.74 Å². The topological polar surface area (TPSA) is 32.7 Å². The molecular formula is C18H31NO2. The zero-order valence-corrected chi connectivity index (χ0v) is 14.1. The normalized spacial score (nSPS) is 11.3. The number of aromatic hydroxyl groups is 1. The van der Waals surface area contributed by atoms with Crippen molar-refractivity contribution in [3.63, 3.8) is 0 Å². The molecule has 0 aliphatic heterocycles. The van der Waals surface area contributed by atoms with Crippen molar-refractivity contribution in [1.82, 2.24) is 4.90 Å². The maximum atomic E-state index is 10.2. The lowest BCUT2D eigenvalue weighted by atomic mass is 10.0. The van der Waals surface area contributed by atoms with E-state index < -0.39 is 0 Å². The van der Waals surface area contributed by atoms with Gasteiger partial charge in [0.15, 0.2) is 0 Å². The summed E-state index contributed by atoms with van der Waals surface area (Å²) in [5, 5.41) is 10.2. The Morgan fingerprint density at radius 3 is 2.38 bits per heavy atom. The maximum absolute atomic E-state index is 10.2. The van der Waals surface area contributed by atoms with Crippen LogP contribution < -0.4 is 4.74 Å². The van der Waals surface area contributed by atoms with Gasteiger partial charge in [-0.2, -0.15) is 0 Å². The van der Waals surface area contributed by atoms with Crippen molar-refractivity contribution in [2.75, 3.05) is 19.7 Å². The van der Waals surface area contributed by atoms with Crippen LogP contribution >= 0.6 is 0 Å². The number of hydrogen-bond acceptors (Lipinski definition) is 3. The van der Waals surface area contributed by atoms with Gasteiger partial charge in [-0.25, -0.2) is 0 Å². The monoisotopic (exact) mass is 293 g/mol. The van der Waals surface area contributed by atoms with Crippen molar-refractivity contribution in [2.24, 2.45) is 5.92 Å². The summed E-state index contributed by atoms with van der Waals surface area (Å²) in [6.45, 7) is 12.3. The summed E-state index contributed by atoms with van der Waals surface area (Å²) in [5.41, 5.74) is 0.978. The quantitative estimate of drug-likeness (QED) is 0.692. The summed E-state index contributed by atoms with van der Waals surface area (Å²) in [6.07, 6.45) is 3.40. The Bertz CT molecular complexity index is 402. The molecule has 3 nitrogen and oxygen atoms in total. The van der Waals surface area contributed by atoms with Gasteiger partial charge in [0.2, 0.25) is 0 Å². The molecule has 0 unspecified atom stereocenters. The zero-order valence-electron chi connectivity index (χ0n) is 14.1. The molecular weight excluding hydrogens is 262 g/mol. The Kier molecular flexibility index (Phi) is 8.21. The number of hydrogen-bond donors (Lipinski definition) is 1. The van der Waals surface area contributed by atoms with Gasteiger partial charge in [-0.05, 0) is 24.9 Å². The van der Waals surface area contributed by atoms with Gasteiger partial charge in [0, 0.05) is 24.7 Å². The minimum Gasteiger partial charge on any atom is -0.507 e. The van der Waals surface area contributed by atoms with Crippen LogP contribution in [-0.2, 0) is 6.54 Å². The molecule has 0 atom stereocenters. The van der Waals surface area contributed by atoms with Crippen LogP contribution in [0.1, 0.15) is 52.5 Å². The Morgan fingerprint density at radius 1 is 1.14 bits per heavy atom. The predicted octanol–water partition coefficient (Wildman–Crippen LogP) is 4.44. The highest BCUT2D eigenvalue weighted by atomic mass is 16.5. The summed E-state index contributed by atoms with van der Waals surface area (Å²) in [7, 11) is 0. The van der Waals surface area contributed by atoms with Gasteiger partial charge in [-0.1, -0.05) is 46.6 Å². The first-order chi connectivity index (χ1) is 10.1. The van der Waals surface area contributed by atoms with Gasteiger partial charge in [0.1, 0.15) is 11.5 Å². The summed E-state index contributed by atoms with van der Waals surface area (Å²) < 4.78 is 5.55. The molecule has 0 fully saturated rings. The molecule has 1 aromatic carbocycles. The smallest absolute Gasteiger partial charge is 0.123 e. The van der Waals surface area contributed by atoms with Crippen LogP contribution in [0.15, 0.2) is 18.2 Å². The molecule has 1 aromatic rings. The van der Waals surface area contributed by atoms with Crippen molar-refractivity contribution >= 4 is 0 Å². The highest BCUT2D eigenvalue weighted by Gasteiger charge is 2.12. The Hall–Kier alpha value is -1.22. The predicted molar refractivity (Wildman–Crippen MR) is 88.9 cm³/mol. The van der Waals surface area contributed by atoms with E-state index in [9.17, 15) is 5.11 Å². The van der Waals surface area contributed by atoms with Crippen LogP contribution in [-0.4, -0.2) is 29.7 Å². The summed E-state index contributed by atoms with van der Waals surface area (Å²) >= 11 is 0. The van der Waals surface area contributed by atoms with E-state index in [1.54, 1.807) is 6.07 Å². The van der Waals surface area contributed by atoms with E-state index >= 15 is 0 Å². The maximum Gasteiger partial charge on any atom is 0.123 e. The van der Waals surface area contributed by atoms with Crippen molar-refractivity contribution < 1.29 is 9.84 Å². The van der Waals surface area contributed by atoms with Gasteiger partial charge in [-0.3, -0.25) is 4.90 Å². The molecule has 0 aliphatic rings. The third kappa shape index (κ3) is 5.96. The standard InChI is InChI=1S/C18H31NO2/c1-5-11-21-17-10-9-16(18(20)12-17)14-19(8-4)13-15(6-2)7-3/h9-10,12,15,20H,5-8,11,13-14H2,1-4H3. The van der Waals surface area contributed by atoms with Gasteiger partial charge in [0.25, 0.3) is 0 Å². The lowest BCUT2D eigenvalue weighted by Crippen LogP contribution is -2.28. The first-order valence-corrected chi connectivity index (χ1v) is 8.31. The lowest BCUT2D eigenvalue weighted by molar-refractivity contribution is 0.223. The molecule has 0 aromatic heterocycles. The number of nitrogens with zero attached hydrogens (tertiary/aromatic N) is 1. The molecule has 1 rings (SSSR count). The molecule has 0 saturated heterocycles. The van der Waals surface area contributed by atoms with E-state index in [2.05, 4.69) is 32.6 Å². The third-order valence-electron chi connectivity index (χ3n) is 4.04. The highest BCUT2D eigenvalue weighted by molar-refractivity contribution is 5.39. The number of phenols is 1. The fourth-order valence-corrected chi connectivity index (χ4v) is 2.45. The van der Waals surface area contributed by atoms with Crippen LogP contribution in [0.25, 0.3) is 0 Å². The lowest BCUT2D eigenvalue weighted by Gasteiger charge is -2.25. The van der Waals surface area contributed by atoms with Crippen LogP contribution in [0.5, 0.6) is 11.5 Å². The van der Waals surface area contributed by atoms with E-state index in [0.717, 1.165) is 43.3 Å². The average Bonchev–Trinajstić information content (AvgIpc) is 2.51. The molecule has 0 saturated carbocycles. The van der Waals surface area contributed by atoms with Gasteiger partial charge >= 0.3 is 0 Å². The number of rotatable bonds is 10. The second-order valence-electron chi connectivity index (χ2n) is 5.65. The van der Waals surface area contributed by atoms with Crippen molar-refractivity contribution in [3.8, 4) is 11.5 Å². The molecule has 0 heterocycles. The van der Waals surface area contributed by atoms with Crippen molar-refractivity contribution in [2.45, 2.75) is 53.5 Å². The van der Waals surface area contributed by atoms with E-state index in [1.165, 1.54) is 12.8 Å². The zero-order chi connectivity index (χ0) is 15.7. The molecule has 21 heavy (non-hydrogen) atoms. The summed E-state index contributed by atoms with van der Waals surface area (Å²) in [6, 6.07) is 5.67. The Balaban J connectivity index is 2.67. The first-order valence-electron chi connectivity index (χ1n) is 8.31. The second kappa shape index (κ2) is 9.67. The van der Waals surface area contributed by atoms with Crippen LogP contribution in [0, 0.1) is 5.92 Å². The Morgan fingerprint density at radius 2 is 1.86 bits per heavy atom. The molecule has 0 bridgehead atoms. The van der Waals surface area contributed by atoms with Crippen molar-refractivity contribution in [3.05, 3.63) is 23.8 Å². The molecule has 120 valence electrons. The SMILES string of the molecule is CCCOc1ccc(CN(CC)CC(CC)CC)c(O)c1. The molecule has 0 spiro atoms. The van der Waals surface area contributed by atoms with E-state index in [1.807, 2.05) is 12.1 Å². The molecule has 0 amide bonds. The minimum absolute atomic E-state index is 0.339. The fraction of sp³-hybridized carbons (Fsp3) is 0.667. The van der Waals surface area contributed by atoms with Gasteiger partial charge in [-0.15, -0.1) is 0 Å². The van der Waals surface area contributed by atoms with Crippen LogP contribution in [0.3, 0.4) is 0 Å². The number of phenolic OH excluding ortho intramolecular Hbond substituents is 1. The first kappa shape index (κ1) is 17.8. The highest BCUT2D eigenvalue weighted by Crippen LogP contribution is 2.25. The third-order valence-corrected chi connectivity index (χ3v) is 4.04. The number of ether oxygens (including phenoxy) is 1. The van der Waals surface area contributed by atoms with Gasteiger partial charge in [0.05, 0.1) is 6.61 Å². The molecule has 3 heteroatoms. The van der Waals surface area contributed by atoms with Crippen LogP contribution in [0.4, 0.5) is 0 Å². The largest absolute Gasteiger partial charge is 0.507 e.